The van der Waals surface area contributed by atoms with Crippen LogP contribution in [0.5, 0.6) is 0 Å². The number of likely N-dealkylation sites (N-methyl/N-ethyl adjacent to an activating group) is 1. The first kappa shape index (κ1) is 45.3. The molecule has 0 bridgehead atoms. The number of cyclic esters (lactones) is 1. The quantitative estimate of drug-likeness (QED) is 0.184. The molecular weight excluding hydrogens is 746 g/mol. The zero-order valence-electron chi connectivity index (χ0n) is 36.1. The van der Waals surface area contributed by atoms with Crippen LogP contribution in [0.3, 0.4) is 0 Å². The lowest BCUT2D eigenvalue weighted by molar-refractivity contribution is -0.295. The van der Waals surface area contributed by atoms with Gasteiger partial charge < -0.3 is 43.2 Å². The zero-order chi connectivity index (χ0) is 42.7. The second kappa shape index (κ2) is 18.7. The molecule has 3 saturated heterocycles. The number of nitrogens with zero attached hydrogens (tertiary/aromatic N) is 5. The number of aromatic nitrogens is 3. The molecule has 13 atom stereocenters. The van der Waals surface area contributed by atoms with E-state index in [4.69, 9.17) is 23.7 Å². The number of methoxy groups -OCH3 is 1. The summed E-state index contributed by atoms with van der Waals surface area (Å²) < 4.78 is 33.2. The van der Waals surface area contributed by atoms with Crippen LogP contribution in [0.25, 0.3) is 11.3 Å². The van der Waals surface area contributed by atoms with Crippen LogP contribution in [0.4, 0.5) is 4.79 Å². The number of hydrogen-bond donors (Lipinski definition) is 1. The summed E-state index contributed by atoms with van der Waals surface area (Å²) in [6.07, 6.45) is 4.45. The van der Waals surface area contributed by atoms with Crippen LogP contribution in [0.2, 0.25) is 0 Å². The van der Waals surface area contributed by atoms with Gasteiger partial charge in [0.1, 0.15) is 23.9 Å². The molecule has 1 unspecified atom stereocenters. The molecule has 5 rings (SSSR count). The maximum absolute atomic E-state index is 14.7. The smallest absolute Gasteiger partial charge is 0.410 e. The van der Waals surface area contributed by atoms with Crippen LogP contribution in [-0.2, 0) is 44.6 Å². The first-order valence-corrected chi connectivity index (χ1v) is 20.8. The predicted molar refractivity (Wildman–Crippen MR) is 214 cm³/mol. The average molecular weight is 812 g/mol. The van der Waals surface area contributed by atoms with Gasteiger partial charge in [0.15, 0.2) is 17.7 Å². The zero-order valence-corrected chi connectivity index (χ0v) is 36.1. The number of fused-ring (bicyclic) bond motifs is 1. The van der Waals surface area contributed by atoms with Crippen molar-refractivity contribution in [2.24, 2.45) is 23.7 Å². The number of esters is 1. The highest BCUT2D eigenvalue weighted by molar-refractivity contribution is 6.00. The molecule has 5 heterocycles. The minimum absolute atomic E-state index is 0.130. The van der Waals surface area contributed by atoms with E-state index >= 15 is 0 Å². The summed E-state index contributed by atoms with van der Waals surface area (Å²) in [4.78, 5) is 69.0. The third kappa shape index (κ3) is 9.33. The molecular formula is C43H65N5O10. The predicted octanol–water partition coefficient (Wildman–Crippen LogP) is 4.93. The van der Waals surface area contributed by atoms with E-state index in [0.717, 1.165) is 11.3 Å². The molecule has 1 N–H and O–H groups in total. The van der Waals surface area contributed by atoms with Gasteiger partial charge in [-0.3, -0.25) is 19.4 Å². The van der Waals surface area contributed by atoms with Crippen molar-refractivity contribution in [3.05, 3.63) is 37.1 Å². The molecule has 58 heavy (non-hydrogen) atoms. The second-order valence-electron chi connectivity index (χ2n) is 17.3. The Hall–Kier alpha value is -3.76. The van der Waals surface area contributed by atoms with E-state index in [9.17, 15) is 24.3 Å². The summed E-state index contributed by atoms with van der Waals surface area (Å²) in [5.41, 5.74) is -0.938. The number of rotatable bonds is 11. The SMILES string of the molecule is CC[C@H]1OC(=O)[C@H](C)C(=O)[C@H](C)[C@@H](O[C@@H]2O[C@H](C)C[C@H](N(C)C)[C@H]2O)[C@@](C)(OC)C[C@@H](C)C(=O)[C@H](C)[C@H]2N(CCCCn3cnc(-c4cccnc4)c3)C(=O)OC12C. The van der Waals surface area contributed by atoms with Gasteiger partial charge in [0.2, 0.25) is 0 Å². The molecule has 2 aromatic rings. The van der Waals surface area contributed by atoms with Gasteiger partial charge in [0.25, 0.3) is 0 Å². The molecule has 0 saturated carbocycles. The van der Waals surface area contributed by atoms with Gasteiger partial charge >= 0.3 is 12.1 Å². The number of aliphatic hydroxyl groups excluding tert-OH is 1. The lowest BCUT2D eigenvalue weighted by Crippen LogP contribution is -2.60. The molecule has 3 fully saturated rings. The van der Waals surface area contributed by atoms with Crippen LogP contribution in [0, 0.1) is 23.7 Å². The third-order valence-corrected chi connectivity index (χ3v) is 12.8. The molecule has 0 aromatic carbocycles. The van der Waals surface area contributed by atoms with E-state index in [2.05, 4.69) is 9.97 Å². The fraction of sp³-hybridized carbons (Fsp3) is 0.721. The number of amides is 1. The number of ether oxygens (including phenoxy) is 5. The van der Waals surface area contributed by atoms with E-state index in [1.54, 1.807) is 51.3 Å². The van der Waals surface area contributed by atoms with E-state index in [1.165, 1.54) is 14.0 Å². The number of Topliss-reactive ketones (excluding diaryl/α,β-unsaturated/α-hetero) is 2. The van der Waals surface area contributed by atoms with Gasteiger partial charge in [0.05, 0.1) is 35.9 Å². The number of ketones is 2. The number of aryl methyl sites for hydroxylation is 1. The van der Waals surface area contributed by atoms with Crippen molar-refractivity contribution < 1.29 is 48.0 Å². The Morgan fingerprint density at radius 3 is 2.36 bits per heavy atom. The Morgan fingerprint density at radius 2 is 1.72 bits per heavy atom. The van der Waals surface area contributed by atoms with Crippen LogP contribution >= 0.6 is 0 Å². The number of hydrogen-bond acceptors (Lipinski definition) is 13. The molecule has 0 spiro atoms. The van der Waals surface area contributed by atoms with Crippen LogP contribution in [-0.4, -0.2) is 135 Å². The highest BCUT2D eigenvalue weighted by Crippen LogP contribution is 2.43. The van der Waals surface area contributed by atoms with Crippen molar-refractivity contribution >= 4 is 23.6 Å². The second-order valence-corrected chi connectivity index (χ2v) is 17.3. The molecule has 0 radical (unpaired) electrons. The molecule has 322 valence electrons. The van der Waals surface area contributed by atoms with Crippen molar-refractivity contribution in [1.82, 2.24) is 24.3 Å². The first-order chi connectivity index (χ1) is 27.4. The summed E-state index contributed by atoms with van der Waals surface area (Å²) >= 11 is 0. The van der Waals surface area contributed by atoms with Crippen LogP contribution < -0.4 is 0 Å². The highest BCUT2D eigenvalue weighted by atomic mass is 16.7. The number of imidazole rings is 1. The van der Waals surface area contributed by atoms with Crippen molar-refractivity contribution in [2.45, 2.75) is 148 Å². The lowest BCUT2D eigenvalue weighted by Gasteiger charge is -2.47. The van der Waals surface area contributed by atoms with Crippen LogP contribution in [0.15, 0.2) is 37.1 Å². The molecule has 15 nitrogen and oxygen atoms in total. The number of aliphatic hydroxyl groups is 1. The van der Waals surface area contributed by atoms with Crippen molar-refractivity contribution in [2.75, 3.05) is 27.7 Å². The average Bonchev–Trinajstić information content (AvgIpc) is 3.78. The molecule has 2 aromatic heterocycles. The van der Waals surface area contributed by atoms with E-state index in [1.807, 2.05) is 62.7 Å². The minimum atomic E-state index is -1.40. The van der Waals surface area contributed by atoms with Gasteiger partial charge in [-0.05, 0) is 86.0 Å². The van der Waals surface area contributed by atoms with Gasteiger partial charge in [-0.1, -0.05) is 27.7 Å². The Balaban J connectivity index is 1.43. The van der Waals surface area contributed by atoms with E-state index < -0.39 is 83.4 Å². The summed E-state index contributed by atoms with van der Waals surface area (Å²) in [6.45, 7) is 14.9. The minimum Gasteiger partial charge on any atom is -0.458 e. The Labute approximate surface area is 343 Å². The maximum atomic E-state index is 14.7. The normalized spacial score (nSPS) is 36.7. The Bertz CT molecular complexity index is 1740. The lowest BCUT2D eigenvalue weighted by atomic mass is 9.73. The summed E-state index contributed by atoms with van der Waals surface area (Å²) in [7, 11) is 5.24. The Kier molecular flexibility index (Phi) is 14.6. The molecule has 3 aliphatic heterocycles. The van der Waals surface area contributed by atoms with Gasteiger partial charge in [0, 0.05) is 68.1 Å². The number of pyridine rings is 1. The standard InChI is InChI=1S/C43H65N5O10/c1-12-33-43(8)37(48(41(53)58-43)19-14-13-18-47-23-31(45-24-47)30-16-15-17-44-22-30)27(4)34(49)25(2)21-42(7,54-11)38(28(5)35(50)29(6)39(52)56-33)57-40-36(51)32(46(9)10)20-26(3)55-40/h15-17,22-29,32-33,36-38,40,51H,12-14,18-21H2,1-11H3/t25-,26-,27+,28+,29-,32+,33-,36-,37-,38-,40+,42+,43?/m1/s1. The molecule has 1 amide bonds. The van der Waals surface area contributed by atoms with E-state index in [0.29, 0.717) is 32.4 Å². The number of carbonyl (C=O) groups is 4. The fourth-order valence-corrected chi connectivity index (χ4v) is 9.43. The molecule has 3 aliphatic rings. The summed E-state index contributed by atoms with van der Waals surface area (Å²) in [5, 5.41) is 11.4. The van der Waals surface area contributed by atoms with Gasteiger partial charge in [-0.2, -0.15) is 0 Å². The third-order valence-electron chi connectivity index (χ3n) is 12.8. The molecule has 0 aliphatic carbocycles. The Morgan fingerprint density at radius 1 is 1.02 bits per heavy atom. The van der Waals surface area contributed by atoms with Crippen LogP contribution in [0.1, 0.15) is 87.5 Å². The summed E-state index contributed by atoms with van der Waals surface area (Å²) in [5.74, 6) is -4.95. The first-order valence-electron chi connectivity index (χ1n) is 20.8. The maximum Gasteiger partial charge on any atom is 0.410 e. The van der Waals surface area contributed by atoms with Gasteiger partial charge in [-0.15, -0.1) is 0 Å². The largest absolute Gasteiger partial charge is 0.458 e. The number of unbranched alkanes of at least 4 members (excludes halogenated alkanes) is 1. The molecule has 15 heteroatoms. The van der Waals surface area contributed by atoms with Crippen molar-refractivity contribution in [3.8, 4) is 11.3 Å². The van der Waals surface area contributed by atoms with Crippen molar-refractivity contribution in [1.29, 1.82) is 0 Å². The fourth-order valence-electron chi connectivity index (χ4n) is 9.43. The highest BCUT2D eigenvalue weighted by Gasteiger charge is 2.60. The monoisotopic (exact) mass is 811 g/mol. The van der Waals surface area contributed by atoms with Crippen molar-refractivity contribution in [3.63, 3.8) is 0 Å². The topological polar surface area (TPSA) is 172 Å². The summed E-state index contributed by atoms with van der Waals surface area (Å²) in [6, 6.07) is 2.74. The number of carbonyl (C=O) groups excluding carboxylic acids is 4. The van der Waals surface area contributed by atoms with Gasteiger partial charge in [-0.25, -0.2) is 9.78 Å². The van der Waals surface area contributed by atoms with E-state index in [-0.39, 0.29) is 30.8 Å².